The molecule has 0 atom stereocenters. The zero-order valence-electron chi connectivity index (χ0n) is 11.7. The first-order valence-corrected chi connectivity index (χ1v) is 7.60. The highest BCUT2D eigenvalue weighted by molar-refractivity contribution is 6.42. The summed E-state index contributed by atoms with van der Waals surface area (Å²) < 4.78 is 2.25. The minimum Gasteiger partial charge on any atom is -0.343 e. The second kappa shape index (κ2) is 6.10. The van der Waals surface area contributed by atoms with Crippen LogP contribution in [0.3, 0.4) is 0 Å². The Kier molecular flexibility index (Phi) is 4.20. The number of halogens is 2. The number of nitrogens with one attached hydrogen (secondary N) is 1. The number of hydrogen-bond donors (Lipinski definition) is 1. The van der Waals surface area contributed by atoms with Gasteiger partial charge in [-0.05, 0) is 36.4 Å². The number of rotatable bonds is 4. The third-order valence-electron chi connectivity index (χ3n) is 3.58. The van der Waals surface area contributed by atoms with Crippen LogP contribution in [0.15, 0.2) is 48.7 Å². The van der Waals surface area contributed by atoms with Crippen molar-refractivity contribution >= 4 is 34.1 Å². The highest BCUT2D eigenvalue weighted by Crippen LogP contribution is 2.25. The van der Waals surface area contributed by atoms with Gasteiger partial charge in [-0.25, -0.2) is 0 Å². The lowest BCUT2D eigenvalue weighted by Crippen LogP contribution is -2.04. The molecule has 1 heterocycles. The molecule has 1 N–H and O–H groups in total. The normalized spacial score (nSPS) is 11.2. The van der Waals surface area contributed by atoms with E-state index in [-0.39, 0.29) is 0 Å². The molecule has 2 nitrogen and oxygen atoms in total. The molecule has 108 valence electrons. The van der Waals surface area contributed by atoms with Crippen LogP contribution < -0.4 is 5.32 Å². The van der Waals surface area contributed by atoms with E-state index in [1.54, 1.807) is 0 Å². The molecule has 0 unspecified atom stereocenters. The van der Waals surface area contributed by atoms with Crippen LogP contribution in [0, 0.1) is 0 Å². The van der Waals surface area contributed by atoms with Crippen molar-refractivity contribution in [2.24, 2.45) is 0 Å². The number of para-hydroxylation sites is 1. The van der Waals surface area contributed by atoms with Crippen molar-refractivity contribution in [3.8, 4) is 0 Å². The smallest absolute Gasteiger partial charge is 0.0595 e. The van der Waals surface area contributed by atoms with E-state index in [0.29, 0.717) is 10.0 Å². The van der Waals surface area contributed by atoms with Gasteiger partial charge in [0.2, 0.25) is 0 Å². The van der Waals surface area contributed by atoms with E-state index >= 15 is 0 Å². The average molecular weight is 319 g/mol. The highest BCUT2D eigenvalue weighted by Gasteiger charge is 2.08. The fourth-order valence-electron chi connectivity index (χ4n) is 2.62. The van der Waals surface area contributed by atoms with Gasteiger partial charge in [0.15, 0.2) is 0 Å². The second-order valence-corrected chi connectivity index (χ2v) is 5.89. The van der Waals surface area contributed by atoms with Crippen LogP contribution in [0.25, 0.3) is 10.9 Å². The standard InChI is InChI=1S/C17H16Cl2N2/c1-20-9-13-11-21(17-5-3-2-4-14(13)17)10-12-6-7-15(18)16(19)8-12/h2-8,11,20H,9-10H2,1H3. The van der Waals surface area contributed by atoms with Crippen molar-refractivity contribution < 1.29 is 0 Å². The molecule has 3 aromatic rings. The topological polar surface area (TPSA) is 17.0 Å². The molecular weight excluding hydrogens is 303 g/mol. The Morgan fingerprint density at radius 3 is 2.62 bits per heavy atom. The molecule has 0 saturated carbocycles. The Morgan fingerprint density at radius 1 is 1.05 bits per heavy atom. The van der Waals surface area contributed by atoms with Gasteiger partial charge in [0.1, 0.15) is 0 Å². The summed E-state index contributed by atoms with van der Waals surface area (Å²) in [5, 5.41) is 5.69. The number of hydrogen-bond acceptors (Lipinski definition) is 1. The van der Waals surface area contributed by atoms with E-state index in [9.17, 15) is 0 Å². The Morgan fingerprint density at radius 2 is 1.86 bits per heavy atom. The van der Waals surface area contributed by atoms with Crippen LogP contribution in [-0.4, -0.2) is 11.6 Å². The van der Waals surface area contributed by atoms with Gasteiger partial charge in [-0.15, -0.1) is 0 Å². The maximum Gasteiger partial charge on any atom is 0.0595 e. The number of benzene rings is 2. The van der Waals surface area contributed by atoms with Crippen molar-refractivity contribution in [1.29, 1.82) is 0 Å². The second-order valence-electron chi connectivity index (χ2n) is 5.08. The Balaban J connectivity index is 2.01. The monoisotopic (exact) mass is 318 g/mol. The minimum atomic E-state index is 0.591. The van der Waals surface area contributed by atoms with Crippen molar-refractivity contribution in [2.75, 3.05) is 7.05 Å². The largest absolute Gasteiger partial charge is 0.343 e. The van der Waals surface area contributed by atoms with Crippen molar-refractivity contribution in [1.82, 2.24) is 9.88 Å². The van der Waals surface area contributed by atoms with Gasteiger partial charge in [0.25, 0.3) is 0 Å². The van der Waals surface area contributed by atoms with Crippen molar-refractivity contribution in [2.45, 2.75) is 13.1 Å². The molecule has 0 radical (unpaired) electrons. The lowest BCUT2D eigenvalue weighted by molar-refractivity contribution is 0.795. The van der Waals surface area contributed by atoms with E-state index < -0.39 is 0 Å². The van der Waals surface area contributed by atoms with Crippen LogP contribution in [0.4, 0.5) is 0 Å². The first-order chi connectivity index (χ1) is 10.2. The van der Waals surface area contributed by atoms with Gasteiger partial charge in [-0.3, -0.25) is 0 Å². The van der Waals surface area contributed by atoms with E-state index in [4.69, 9.17) is 23.2 Å². The van der Waals surface area contributed by atoms with Crippen LogP contribution in [-0.2, 0) is 13.1 Å². The summed E-state index contributed by atoms with van der Waals surface area (Å²) in [6.45, 7) is 1.63. The first kappa shape index (κ1) is 14.5. The van der Waals surface area contributed by atoms with Crippen LogP contribution in [0.2, 0.25) is 10.0 Å². The SMILES string of the molecule is CNCc1cn(Cc2ccc(Cl)c(Cl)c2)c2ccccc12. The van der Waals surface area contributed by atoms with Gasteiger partial charge in [-0.2, -0.15) is 0 Å². The number of aromatic nitrogens is 1. The molecule has 3 rings (SSSR count). The van der Waals surface area contributed by atoms with Crippen molar-refractivity contribution in [3.63, 3.8) is 0 Å². The predicted octanol–water partition coefficient (Wildman–Crippen LogP) is 4.72. The molecule has 0 aliphatic carbocycles. The third kappa shape index (κ3) is 2.93. The highest BCUT2D eigenvalue weighted by atomic mass is 35.5. The van der Waals surface area contributed by atoms with Gasteiger partial charge in [0, 0.05) is 30.2 Å². The molecule has 0 fully saturated rings. The summed E-state index contributed by atoms with van der Waals surface area (Å²) >= 11 is 12.1. The lowest BCUT2D eigenvalue weighted by atomic mass is 10.2. The Labute approximate surface area is 134 Å². The maximum atomic E-state index is 6.10. The Hall–Kier alpha value is -1.48. The molecule has 1 aromatic heterocycles. The minimum absolute atomic E-state index is 0.591. The number of fused-ring (bicyclic) bond motifs is 1. The third-order valence-corrected chi connectivity index (χ3v) is 4.31. The molecule has 0 saturated heterocycles. The van der Waals surface area contributed by atoms with Gasteiger partial charge in [-0.1, -0.05) is 47.5 Å². The first-order valence-electron chi connectivity index (χ1n) is 6.84. The summed E-state index contributed by atoms with van der Waals surface area (Å²) in [6.07, 6.45) is 2.20. The molecular formula is C17H16Cl2N2. The number of nitrogens with zero attached hydrogens (tertiary/aromatic N) is 1. The average Bonchev–Trinajstić information content (AvgIpc) is 2.82. The quantitative estimate of drug-likeness (QED) is 0.736. The summed E-state index contributed by atoms with van der Waals surface area (Å²) in [4.78, 5) is 0. The van der Waals surface area contributed by atoms with Crippen LogP contribution >= 0.6 is 23.2 Å². The summed E-state index contributed by atoms with van der Waals surface area (Å²) in [5.41, 5.74) is 3.67. The van der Waals surface area contributed by atoms with Gasteiger partial charge in [0.05, 0.1) is 10.0 Å². The Bertz CT molecular complexity index is 778. The van der Waals surface area contributed by atoms with E-state index in [0.717, 1.165) is 18.7 Å². The molecule has 4 heteroatoms. The summed E-state index contributed by atoms with van der Waals surface area (Å²) in [5.74, 6) is 0. The van der Waals surface area contributed by atoms with E-state index in [1.807, 2.05) is 25.2 Å². The molecule has 0 bridgehead atoms. The molecule has 2 aromatic carbocycles. The fourth-order valence-corrected chi connectivity index (χ4v) is 2.94. The summed E-state index contributed by atoms with van der Waals surface area (Å²) in [6, 6.07) is 14.2. The van der Waals surface area contributed by atoms with E-state index in [2.05, 4.69) is 40.3 Å². The fraction of sp³-hybridized carbons (Fsp3) is 0.176. The van der Waals surface area contributed by atoms with Crippen molar-refractivity contribution in [3.05, 3.63) is 69.8 Å². The van der Waals surface area contributed by atoms with Crippen LogP contribution in [0.1, 0.15) is 11.1 Å². The molecule has 0 aliphatic heterocycles. The van der Waals surface area contributed by atoms with E-state index in [1.165, 1.54) is 16.5 Å². The zero-order valence-corrected chi connectivity index (χ0v) is 13.2. The predicted molar refractivity (Wildman–Crippen MR) is 90.3 cm³/mol. The van der Waals surface area contributed by atoms with Gasteiger partial charge < -0.3 is 9.88 Å². The lowest BCUT2D eigenvalue weighted by Gasteiger charge is -2.06. The molecule has 0 spiro atoms. The molecule has 0 aliphatic rings. The maximum absolute atomic E-state index is 6.10. The molecule has 21 heavy (non-hydrogen) atoms. The molecule has 0 amide bonds. The summed E-state index contributed by atoms with van der Waals surface area (Å²) in [7, 11) is 1.96. The zero-order chi connectivity index (χ0) is 14.8. The van der Waals surface area contributed by atoms with Crippen LogP contribution in [0.5, 0.6) is 0 Å². The van der Waals surface area contributed by atoms with Gasteiger partial charge >= 0.3 is 0 Å².